The minimum Gasteiger partial charge on any atom is -0.466 e. The predicted octanol–water partition coefficient (Wildman–Crippen LogP) is 3.91. The lowest BCUT2D eigenvalue weighted by Crippen LogP contribution is -2.46. The summed E-state index contributed by atoms with van der Waals surface area (Å²) in [6.45, 7) is 14.7. The lowest BCUT2D eigenvalue weighted by molar-refractivity contribution is -0.134. The number of carbonyl (C=O) groups excluding carboxylic acids is 1. The molecular weight excluding hydrogens is 320 g/mol. The number of carbonyl (C=O) groups is 1. The Morgan fingerprint density at radius 3 is 2.38 bits per heavy atom. The Balaban J connectivity index is 5.23. The molecule has 3 atom stereocenters. The van der Waals surface area contributed by atoms with E-state index in [0.717, 1.165) is 0 Å². The van der Waals surface area contributed by atoms with Crippen LogP contribution in [-0.2, 0) is 14.0 Å². The van der Waals surface area contributed by atoms with Crippen LogP contribution in [0, 0.1) is 17.8 Å². The Labute approximate surface area is 148 Å². The highest BCUT2D eigenvalue weighted by Crippen LogP contribution is 2.38. The molecule has 0 aromatic carbocycles. The third-order valence-electron chi connectivity index (χ3n) is 4.59. The Hall–Kier alpha value is -1.09. The number of esters is 1. The molecule has 0 spiro atoms. The molecule has 0 aromatic rings. The second-order valence-corrected chi connectivity index (χ2v) is 12.4. The smallest absolute Gasteiger partial charge is 0.330 e. The van der Waals surface area contributed by atoms with Crippen molar-refractivity contribution in [3.05, 3.63) is 12.2 Å². The Bertz CT molecular complexity index is 480. The van der Waals surface area contributed by atoms with Gasteiger partial charge in [-0.3, -0.25) is 0 Å². The van der Waals surface area contributed by atoms with Crippen LogP contribution in [0.4, 0.5) is 0 Å². The van der Waals surface area contributed by atoms with Crippen molar-refractivity contribution in [1.82, 2.24) is 0 Å². The highest BCUT2D eigenvalue weighted by molar-refractivity contribution is 6.74. The summed E-state index contributed by atoms with van der Waals surface area (Å²) < 4.78 is 11.2. The molecule has 0 bridgehead atoms. The summed E-state index contributed by atoms with van der Waals surface area (Å²) in [6, 6.07) is 0. The number of aliphatic hydroxyl groups is 1. The van der Waals surface area contributed by atoms with E-state index in [0.29, 0.717) is 12.8 Å². The minimum atomic E-state index is -1.99. The van der Waals surface area contributed by atoms with E-state index in [2.05, 4.69) is 50.4 Å². The summed E-state index contributed by atoms with van der Waals surface area (Å²) in [5.41, 5.74) is 0. The number of methoxy groups -OCH3 is 1. The van der Waals surface area contributed by atoms with Crippen molar-refractivity contribution in [2.24, 2.45) is 5.92 Å². The first-order valence-corrected chi connectivity index (χ1v) is 11.4. The molecule has 0 aliphatic heterocycles. The highest BCUT2D eigenvalue weighted by atomic mass is 28.4. The average molecular weight is 355 g/mol. The van der Waals surface area contributed by atoms with E-state index in [1.54, 1.807) is 13.0 Å². The van der Waals surface area contributed by atoms with Gasteiger partial charge in [0, 0.05) is 12.5 Å². The summed E-state index contributed by atoms with van der Waals surface area (Å²) in [6.07, 6.45) is 3.43. The van der Waals surface area contributed by atoms with Crippen LogP contribution in [-0.4, -0.2) is 38.7 Å². The molecule has 0 radical (unpaired) electrons. The molecule has 0 aliphatic rings. The lowest BCUT2D eigenvalue weighted by Gasteiger charge is -2.41. The molecule has 0 saturated carbocycles. The SMILES string of the molecule is CC#CC[C@@H](O)C[C@H](O[Si](C)(C)C(C)(C)C)[C@@H](C)/C=C/C(=O)OC. The van der Waals surface area contributed by atoms with Gasteiger partial charge >= 0.3 is 5.97 Å². The van der Waals surface area contributed by atoms with Crippen LogP contribution in [0.3, 0.4) is 0 Å². The van der Waals surface area contributed by atoms with Gasteiger partial charge in [0.2, 0.25) is 0 Å². The second-order valence-electron chi connectivity index (χ2n) is 7.68. The van der Waals surface area contributed by atoms with Crippen LogP contribution < -0.4 is 0 Å². The van der Waals surface area contributed by atoms with Crippen molar-refractivity contribution >= 4 is 14.3 Å². The van der Waals surface area contributed by atoms with E-state index in [-0.39, 0.29) is 23.0 Å². The van der Waals surface area contributed by atoms with Crippen LogP contribution in [0.5, 0.6) is 0 Å². The average Bonchev–Trinajstić information content (AvgIpc) is 2.48. The summed E-state index contributed by atoms with van der Waals surface area (Å²) >= 11 is 0. The van der Waals surface area contributed by atoms with Crippen molar-refractivity contribution in [2.75, 3.05) is 7.11 Å². The Morgan fingerprint density at radius 1 is 1.33 bits per heavy atom. The Kier molecular flexibility index (Phi) is 9.57. The molecule has 1 N–H and O–H groups in total. The van der Waals surface area contributed by atoms with Gasteiger partial charge in [0.15, 0.2) is 8.32 Å². The van der Waals surface area contributed by atoms with Gasteiger partial charge in [-0.2, -0.15) is 0 Å². The normalized spacial score (nSPS) is 16.2. The minimum absolute atomic E-state index is 0.0116. The maximum atomic E-state index is 11.3. The lowest BCUT2D eigenvalue weighted by atomic mass is 9.97. The van der Waals surface area contributed by atoms with Gasteiger partial charge in [-0.1, -0.05) is 33.8 Å². The predicted molar refractivity (Wildman–Crippen MR) is 101 cm³/mol. The van der Waals surface area contributed by atoms with E-state index in [1.165, 1.54) is 13.2 Å². The van der Waals surface area contributed by atoms with Crippen LogP contribution in [0.1, 0.15) is 47.5 Å². The van der Waals surface area contributed by atoms with E-state index < -0.39 is 14.4 Å². The molecule has 0 heterocycles. The zero-order valence-electron chi connectivity index (χ0n) is 16.5. The van der Waals surface area contributed by atoms with Gasteiger partial charge in [-0.05, 0) is 37.4 Å². The number of hydrogen-bond acceptors (Lipinski definition) is 4. The molecule has 0 fully saturated rings. The molecule has 0 saturated heterocycles. The van der Waals surface area contributed by atoms with Gasteiger partial charge in [-0.15, -0.1) is 11.8 Å². The largest absolute Gasteiger partial charge is 0.466 e. The first-order valence-electron chi connectivity index (χ1n) is 8.46. The molecule has 4 nitrogen and oxygen atoms in total. The van der Waals surface area contributed by atoms with E-state index in [1.807, 2.05) is 6.92 Å². The van der Waals surface area contributed by atoms with Gasteiger partial charge in [0.1, 0.15) is 0 Å². The monoisotopic (exact) mass is 354 g/mol. The summed E-state index contributed by atoms with van der Waals surface area (Å²) in [5, 5.41) is 10.3. The third-order valence-corrected chi connectivity index (χ3v) is 9.10. The number of ether oxygens (including phenoxy) is 1. The molecule has 24 heavy (non-hydrogen) atoms. The van der Waals surface area contributed by atoms with E-state index in [9.17, 15) is 9.90 Å². The van der Waals surface area contributed by atoms with Crippen LogP contribution in [0.15, 0.2) is 12.2 Å². The molecule has 5 heteroatoms. The molecule has 0 amide bonds. The van der Waals surface area contributed by atoms with Crippen LogP contribution in [0.25, 0.3) is 0 Å². The maximum Gasteiger partial charge on any atom is 0.330 e. The van der Waals surface area contributed by atoms with Crippen molar-refractivity contribution in [3.8, 4) is 11.8 Å². The molecule has 138 valence electrons. The summed E-state index contributed by atoms with van der Waals surface area (Å²) in [4.78, 5) is 11.3. The van der Waals surface area contributed by atoms with Gasteiger partial charge in [-0.25, -0.2) is 4.79 Å². The molecular formula is C19H34O4Si. The molecule has 0 aliphatic carbocycles. The van der Waals surface area contributed by atoms with Crippen molar-refractivity contribution in [2.45, 2.75) is 77.8 Å². The first-order chi connectivity index (χ1) is 10.9. The first kappa shape index (κ1) is 22.9. The topological polar surface area (TPSA) is 55.8 Å². The maximum absolute atomic E-state index is 11.3. The zero-order valence-corrected chi connectivity index (χ0v) is 17.5. The van der Waals surface area contributed by atoms with E-state index in [4.69, 9.17) is 4.43 Å². The summed E-state index contributed by atoms with van der Waals surface area (Å²) in [7, 11) is -0.635. The summed E-state index contributed by atoms with van der Waals surface area (Å²) in [5.74, 6) is 5.32. The third kappa shape index (κ3) is 8.14. The molecule has 0 aromatic heterocycles. The highest BCUT2D eigenvalue weighted by Gasteiger charge is 2.40. The van der Waals surface area contributed by atoms with Crippen molar-refractivity contribution in [1.29, 1.82) is 0 Å². The quantitative estimate of drug-likeness (QED) is 0.311. The zero-order chi connectivity index (χ0) is 19.0. The number of rotatable bonds is 8. The molecule has 0 rings (SSSR count). The number of hydrogen-bond donors (Lipinski definition) is 1. The van der Waals surface area contributed by atoms with Crippen LogP contribution in [0.2, 0.25) is 18.1 Å². The fraction of sp³-hybridized carbons (Fsp3) is 0.737. The van der Waals surface area contributed by atoms with Crippen LogP contribution >= 0.6 is 0 Å². The van der Waals surface area contributed by atoms with E-state index >= 15 is 0 Å². The van der Waals surface area contributed by atoms with Gasteiger partial charge in [0.05, 0.1) is 19.3 Å². The van der Waals surface area contributed by atoms with Gasteiger partial charge < -0.3 is 14.3 Å². The fourth-order valence-corrected chi connectivity index (χ4v) is 3.34. The fourth-order valence-electron chi connectivity index (χ4n) is 1.92. The molecule has 0 unspecified atom stereocenters. The number of aliphatic hydroxyl groups excluding tert-OH is 1. The van der Waals surface area contributed by atoms with Gasteiger partial charge in [0.25, 0.3) is 0 Å². The van der Waals surface area contributed by atoms with Crippen molar-refractivity contribution in [3.63, 3.8) is 0 Å². The Morgan fingerprint density at radius 2 is 1.92 bits per heavy atom. The van der Waals surface area contributed by atoms with Crippen molar-refractivity contribution < 1.29 is 19.1 Å². The second kappa shape index (κ2) is 10.0. The standard InChI is InChI=1S/C19H34O4Si/c1-9-10-11-16(20)14-17(15(2)12-13-18(21)22-6)23-24(7,8)19(3,4)5/h12-13,15-17,20H,11,14H2,1-8H3/b13-12+/t15-,16+,17-/m0/s1.